The van der Waals surface area contributed by atoms with Gasteiger partial charge in [0.2, 0.25) is 5.88 Å². The average Bonchev–Trinajstić information content (AvgIpc) is 2.65. The fourth-order valence-corrected chi connectivity index (χ4v) is 2.34. The second-order valence-electron chi connectivity index (χ2n) is 5.42. The summed E-state index contributed by atoms with van der Waals surface area (Å²) in [6.45, 7) is 0.169. The van der Waals surface area contributed by atoms with E-state index in [1.807, 2.05) is 0 Å². The van der Waals surface area contributed by atoms with Gasteiger partial charge in [0.1, 0.15) is 11.3 Å². The van der Waals surface area contributed by atoms with Crippen LogP contribution in [0.5, 0.6) is 23.1 Å². The molecule has 3 N–H and O–H groups in total. The minimum atomic E-state index is -0.380. The Hall–Kier alpha value is -3.25. The van der Waals surface area contributed by atoms with Gasteiger partial charge >= 0.3 is 0 Å². The van der Waals surface area contributed by atoms with Gasteiger partial charge in [0.05, 0.1) is 0 Å². The lowest BCUT2D eigenvalue weighted by Gasteiger charge is -2.11. The number of rotatable bonds is 5. The van der Waals surface area contributed by atoms with Gasteiger partial charge in [-0.15, -0.1) is 0 Å². The van der Waals surface area contributed by atoms with E-state index in [9.17, 15) is 15.0 Å². The van der Waals surface area contributed by atoms with Gasteiger partial charge < -0.3 is 20.3 Å². The van der Waals surface area contributed by atoms with Crippen LogP contribution in [0.15, 0.2) is 60.8 Å². The summed E-state index contributed by atoms with van der Waals surface area (Å²) in [6.07, 6.45) is 1.53. The fraction of sp³-hybridized carbons (Fsp3) is 0.0526. The molecule has 0 aliphatic heterocycles. The number of aromatic nitrogens is 1. The standard InChI is InChI=1S/C19H15ClN2O4/c20-13-4-6-14(7-5-13)26-19-15(2-1-9-21-19)18(25)22-11-12-3-8-16(23)17(24)10-12/h1-10,23-24H,11H2,(H,22,25). The van der Waals surface area contributed by atoms with E-state index in [1.54, 1.807) is 42.5 Å². The molecule has 0 bridgehead atoms. The Morgan fingerprint density at radius 1 is 1.08 bits per heavy atom. The summed E-state index contributed by atoms with van der Waals surface area (Å²) in [5.41, 5.74) is 0.906. The molecule has 0 radical (unpaired) electrons. The maximum Gasteiger partial charge on any atom is 0.257 e. The maximum atomic E-state index is 12.5. The topological polar surface area (TPSA) is 91.7 Å². The van der Waals surface area contributed by atoms with Crippen molar-refractivity contribution in [2.45, 2.75) is 6.54 Å². The van der Waals surface area contributed by atoms with Crippen LogP contribution in [-0.4, -0.2) is 21.1 Å². The molecule has 3 aromatic rings. The Labute approximate surface area is 154 Å². The van der Waals surface area contributed by atoms with Crippen LogP contribution < -0.4 is 10.1 Å². The fourth-order valence-electron chi connectivity index (χ4n) is 2.22. The SMILES string of the molecule is O=C(NCc1ccc(O)c(O)c1)c1cccnc1Oc1ccc(Cl)cc1. The van der Waals surface area contributed by atoms with Crippen molar-refractivity contribution in [1.82, 2.24) is 10.3 Å². The molecule has 0 spiro atoms. The highest BCUT2D eigenvalue weighted by molar-refractivity contribution is 6.30. The number of pyridine rings is 1. The van der Waals surface area contributed by atoms with E-state index in [-0.39, 0.29) is 35.4 Å². The summed E-state index contributed by atoms with van der Waals surface area (Å²) in [5, 5.41) is 22.1. The summed E-state index contributed by atoms with van der Waals surface area (Å²) in [7, 11) is 0. The molecule has 1 aromatic heterocycles. The monoisotopic (exact) mass is 370 g/mol. The molecule has 0 aliphatic carbocycles. The minimum absolute atomic E-state index is 0.167. The van der Waals surface area contributed by atoms with Crippen LogP contribution in [0.25, 0.3) is 0 Å². The van der Waals surface area contributed by atoms with Crippen LogP contribution in [0, 0.1) is 0 Å². The third-order valence-electron chi connectivity index (χ3n) is 3.54. The number of phenols is 2. The highest BCUT2D eigenvalue weighted by Gasteiger charge is 2.14. The highest BCUT2D eigenvalue weighted by Crippen LogP contribution is 2.26. The molecule has 132 valence electrons. The number of benzene rings is 2. The molecule has 0 atom stereocenters. The van der Waals surface area contributed by atoms with Gasteiger partial charge in [-0.1, -0.05) is 17.7 Å². The normalized spacial score (nSPS) is 10.3. The summed E-state index contributed by atoms with van der Waals surface area (Å²) < 4.78 is 5.67. The van der Waals surface area contributed by atoms with Gasteiger partial charge in [0.25, 0.3) is 5.91 Å². The van der Waals surface area contributed by atoms with Crippen LogP contribution in [-0.2, 0) is 6.54 Å². The Morgan fingerprint density at radius 2 is 1.85 bits per heavy atom. The molecule has 0 saturated heterocycles. The van der Waals surface area contributed by atoms with Crippen molar-refractivity contribution in [2.24, 2.45) is 0 Å². The first-order valence-electron chi connectivity index (χ1n) is 7.70. The Kier molecular flexibility index (Phi) is 5.24. The number of phenolic OH excluding ortho intramolecular Hbond substituents is 2. The molecular formula is C19H15ClN2O4. The third-order valence-corrected chi connectivity index (χ3v) is 3.79. The predicted octanol–water partition coefficient (Wildman–Crippen LogP) is 3.87. The molecule has 1 amide bonds. The van der Waals surface area contributed by atoms with E-state index in [1.165, 1.54) is 18.3 Å². The molecule has 26 heavy (non-hydrogen) atoms. The smallest absolute Gasteiger partial charge is 0.257 e. The number of ether oxygens (including phenoxy) is 1. The lowest BCUT2D eigenvalue weighted by molar-refractivity contribution is 0.0948. The minimum Gasteiger partial charge on any atom is -0.504 e. The number of aromatic hydroxyl groups is 2. The van der Waals surface area contributed by atoms with Crippen LogP contribution in [0.1, 0.15) is 15.9 Å². The Morgan fingerprint density at radius 3 is 2.58 bits per heavy atom. The quantitative estimate of drug-likeness (QED) is 0.593. The number of amides is 1. The lowest BCUT2D eigenvalue weighted by Crippen LogP contribution is -2.23. The van der Waals surface area contributed by atoms with Crippen molar-refractivity contribution in [3.63, 3.8) is 0 Å². The Balaban J connectivity index is 1.72. The van der Waals surface area contributed by atoms with Gasteiger partial charge in [0, 0.05) is 17.8 Å². The van der Waals surface area contributed by atoms with E-state index in [0.717, 1.165) is 0 Å². The van der Waals surface area contributed by atoms with E-state index in [4.69, 9.17) is 16.3 Å². The second kappa shape index (κ2) is 7.76. The molecule has 6 nitrogen and oxygen atoms in total. The molecule has 3 rings (SSSR count). The molecule has 7 heteroatoms. The number of halogens is 1. The van der Waals surface area contributed by atoms with Gasteiger partial charge in [-0.3, -0.25) is 4.79 Å². The van der Waals surface area contributed by atoms with E-state index < -0.39 is 0 Å². The van der Waals surface area contributed by atoms with Gasteiger partial charge in [-0.2, -0.15) is 0 Å². The second-order valence-corrected chi connectivity index (χ2v) is 5.85. The molecule has 0 unspecified atom stereocenters. The Bertz CT molecular complexity index is 929. The zero-order chi connectivity index (χ0) is 18.5. The van der Waals surface area contributed by atoms with Gasteiger partial charge in [0.15, 0.2) is 11.5 Å². The zero-order valence-electron chi connectivity index (χ0n) is 13.5. The molecule has 2 aromatic carbocycles. The van der Waals surface area contributed by atoms with Gasteiger partial charge in [-0.05, 0) is 54.1 Å². The summed E-state index contributed by atoms with van der Waals surface area (Å²) >= 11 is 5.85. The van der Waals surface area contributed by atoms with Gasteiger partial charge in [-0.25, -0.2) is 4.98 Å². The summed E-state index contributed by atoms with van der Waals surface area (Å²) in [5.74, 6) is -0.169. The largest absolute Gasteiger partial charge is 0.504 e. The average molecular weight is 371 g/mol. The molecule has 0 fully saturated rings. The number of hydrogen-bond donors (Lipinski definition) is 3. The zero-order valence-corrected chi connectivity index (χ0v) is 14.3. The summed E-state index contributed by atoms with van der Waals surface area (Å²) in [6, 6.07) is 14.3. The number of nitrogens with zero attached hydrogens (tertiary/aromatic N) is 1. The van der Waals surface area contributed by atoms with Crippen molar-refractivity contribution in [2.75, 3.05) is 0 Å². The predicted molar refractivity (Wildman–Crippen MR) is 96.7 cm³/mol. The number of carbonyl (C=O) groups is 1. The molecular weight excluding hydrogens is 356 g/mol. The first kappa shape index (κ1) is 17.6. The van der Waals surface area contributed by atoms with Crippen LogP contribution >= 0.6 is 11.6 Å². The molecule has 1 heterocycles. The molecule has 0 saturated carbocycles. The van der Waals surface area contributed by atoms with Crippen LogP contribution in [0.3, 0.4) is 0 Å². The first-order valence-corrected chi connectivity index (χ1v) is 8.08. The van der Waals surface area contributed by atoms with Crippen molar-refractivity contribution >= 4 is 17.5 Å². The first-order chi connectivity index (χ1) is 12.5. The van der Waals surface area contributed by atoms with Crippen LogP contribution in [0.4, 0.5) is 0 Å². The lowest BCUT2D eigenvalue weighted by atomic mass is 10.2. The number of nitrogens with one attached hydrogen (secondary N) is 1. The van der Waals surface area contributed by atoms with Crippen molar-refractivity contribution in [3.05, 3.63) is 76.9 Å². The number of carbonyl (C=O) groups excluding carboxylic acids is 1. The number of hydrogen-bond acceptors (Lipinski definition) is 5. The van der Waals surface area contributed by atoms with Crippen molar-refractivity contribution in [1.29, 1.82) is 0 Å². The van der Waals surface area contributed by atoms with E-state index in [2.05, 4.69) is 10.3 Å². The van der Waals surface area contributed by atoms with Crippen molar-refractivity contribution in [3.8, 4) is 23.1 Å². The third kappa shape index (κ3) is 4.23. The molecule has 0 aliphatic rings. The summed E-state index contributed by atoms with van der Waals surface area (Å²) in [4.78, 5) is 16.6. The van der Waals surface area contributed by atoms with Crippen LogP contribution in [0.2, 0.25) is 5.02 Å². The van der Waals surface area contributed by atoms with E-state index >= 15 is 0 Å². The maximum absolute atomic E-state index is 12.5. The highest BCUT2D eigenvalue weighted by atomic mass is 35.5. The van der Waals surface area contributed by atoms with Crippen molar-refractivity contribution < 1.29 is 19.7 Å². The van der Waals surface area contributed by atoms with E-state index in [0.29, 0.717) is 16.3 Å².